The van der Waals surface area contributed by atoms with Crippen LogP contribution in [0.15, 0.2) is 54.7 Å². The SMILES string of the molecule is [B]c1cccc2c(CC(NC(=O)[C@@H](NC(=O)OCc3ccccc3)C(C)C)C(=O)O)c[nH]c12. The van der Waals surface area contributed by atoms with E-state index in [1.165, 1.54) is 0 Å². The van der Waals surface area contributed by atoms with E-state index in [2.05, 4.69) is 15.6 Å². The Labute approximate surface area is 193 Å². The number of nitrogens with one attached hydrogen (secondary N) is 3. The fraction of sp³-hybridized carbons (Fsp3) is 0.292. The number of carboxylic acid groups (broad SMARTS) is 1. The molecule has 0 saturated heterocycles. The first-order chi connectivity index (χ1) is 15.8. The maximum atomic E-state index is 12.9. The van der Waals surface area contributed by atoms with Crippen molar-refractivity contribution >= 4 is 42.2 Å². The van der Waals surface area contributed by atoms with Gasteiger partial charge in [-0.15, -0.1) is 0 Å². The molecule has 4 N–H and O–H groups in total. The average Bonchev–Trinajstić information content (AvgIpc) is 3.20. The van der Waals surface area contributed by atoms with Crippen molar-refractivity contribution in [3.8, 4) is 0 Å². The monoisotopic (exact) mass is 447 g/mol. The average molecular weight is 447 g/mol. The van der Waals surface area contributed by atoms with E-state index in [0.29, 0.717) is 16.5 Å². The molecule has 0 aliphatic heterocycles. The van der Waals surface area contributed by atoms with Crippen LogP contribution in [0.3, 0.4) is 0 Å². The fourth-order valence-corrected chi connectivity index (χ4v) is 3.51. The smallest absolute Gasteiger partial charge is 0.408 e. The number of carboxylic acids is 1. The molecule has 0 bridgehead atoms. The number of para-hydroxylation sites is 1. The minimum atomic E-state index is -1.19. The zero-order valence-electron chi connectivity index (χ0n) is 18.5. The first-order valence-electron chi connectivity index (χ1n) is 10.6. The van der Waals surface area contributed by atoms with Crippen LogP contribution in [0.25, 0.3) is 10.9 Å². The van der Waals surface area contributed by atoms with E-state index in [0.717, 1.165) is 10.9 Å². The Morgan fingerprint density at radius 3 is 2.45 bits per heavy atom. The molecule has 1 unspecified atom stereocenters. The highest BCUT2D eigenvalue weighted by molar-refractivity contribution is 6.38. The van der Waals surface area contributed by atoms with Crippen molar-refractivity contribution in [1.29, 1.82) is 0 Å². The van der Waals surface area contributed by atoms with Crippen molar-refractivity contribution in [2.24, 2.45) is 5.92 Å². The van der Waals surface area contributed by atoms with Gasteiger partial charge in [0.15, 0.2) is 0 Å². The number of rotatable bonds is 9. The lowest BCUT2D eigenvalue weighted by molar-refractivity contribution is -0.142. The van der Waals surface area contributed by atoms with E-state index in [1.807, 2.05) is 36.4 Å². The van der Waals surface area contributed by atoms with Gasteiger partial charge in [-0.2, -0.15) is 0 Å². The van der Waals surface area contributed by atoms with Gasteiger partial charge in [0, 0.05) is 23.5 Å². The number of hydrogen-bond donors (Lipinski definition) is 4. The van der Waals surface area contributed by atoms with Crippen LogP contribution in [0.2, 0.25) is 0 Å². The molecule has 1 aromatic heterocycles. The van der Waals surface area contributed by atoms with Gasteiger partial charge in [0.25, 0.3) is 0 Å². The van der Waals surface area contributed by atoms with Gasteiger partial charge in [0.05, 0.1) is 0 Å². The Morgan fingerprint density at radius 1 is 1.06 bits per heavy atom. The van der Waals surface area contributed by atoms with Crippen LogP contribution < -0.4 is 16.1 Å². The summed E-state index contributed by atoms with van der Waals surface area (Å²) >= 11 is 0. The summed E-state index contributed by atoms with van der Waals surface area (Å²) in [5, 5.41) is 15.6. The van der Waals surface area contributed by atoms with Crippen LogP contribution >= 0.6 is 0 Å². The van der Waals surface area contributed by atoms with Crippen molar-refractivity contribution in [1.82, 2.24) is 15.6 Å². The molecule has 1 heterocycles. The number of H-pyrrole nitrogens is 1. The third-order valence-corrected chi connectivity index (χ3v) is 5.31. The zero-order valence-corrected chi connectivity index (χ0v) is 18.5. The van der Waals surface area contributed by atoms with Crippen LogP contribution in [0.1, 0.15) is 25.0 Å². The van der Waals surface area contributed by atoms with Crippen LogP contribution in [-0.2, 0) is 27.4 Å². The molecule has 0 spiro atoms. The van der Waals surface area contributed by atoms with Crippen molar-refractivity contribution in [2.45, 2.75) is 39.0 Å². The second-order valence-corrected chi connectivity index (χ2v) is 8.12. The number of fused-ring (bicyclic) bond motifs is 1. The molecular formula is C24H26BN3O5. The van der Waals surface area contributed by atoms with Gasteiger partial charge in [0.2, 0.25) is 5.91 Å². The minimum Gasteiger partial charge on any atom is -0.480 e. The molecule has 2 amide bonds. The predicted octanol–water partition coefficient (Wildman–Crippen LogP) is 2.02. The number of aromatic amines is 1. The number of benzene rings is 2. The van der Waals surface area contributed by atoms with Gasteiger partial charge in [-0.1, -0.05) is 67.8 Å². The number of amides is 2. The number of alkyl carbamates (subject to hydrolysis) is 1. The Bertz CT molecular complexity index is 1130. The summed E-state index contributed by atoms with van der Waals surface area (Å²) in [6, 6.07) is 12.3. The summed E-state index contributed by atoms with van der Waals surface area (Å²) in [7, 11) is 5.95. The lowest BCUT2D eigenvalue weighted by Crippen LogP contribution is -2.54. The van der Waals surface area contributed by atoms with Gasteiger partial charge in [0.1, 0.15) is 26.5 Å². The summed E-state index contributed by atoms with van der Waals surface area (Å²) in [4.78, 5) is 40.0. The summed E-state index contributed by atoms with van der Waals surface area (Å²) < 4.78 is 5.19. The van der Waals surface area contributed by atoms with Gasteiger partial charge < -0.3 is 25.5 Å². The second-order valence-electron chi connectivity index (χ2n) is 8.12. The van der Waals surface area contributed by atoms with Crippen LogP contribution in [0.5, 0.6) is 0 Å². The Balaban J connectivity index is 1.65. The maximum absolute atomic E-state index is 12.9. The molecule has 3 aromatic rings. The summed E-state index contributed by atoms with van der Waals surface area (Å²) in [5.74, 6) is -2.08. The number of ether oxygens (including phenoxy) is 1. The van der Waals surface area contributed by atoms with E-state index in [4.69, 9.17) is 12.6 Å². The largest absolute Gasteiger partial charge is 0.480 e. The molecule has 3 rings (SSSR count). The van der Waals surface area contributed by atoms with E-state index in [9.17, 15) is 19.5 Å². The van der Waals surface area contributed by atoms with E-state index in [-0.39, 0.29) is 18.9 Å². The van der Waals surface area contributed by atoms with Gasteiger partial charge >= 0.3 is 12.1 Å². The first-order valence-corrected chi connectivity index (χ1v) is 10.6. The molecule has 2 aromatic carbocycles. The summed E-state index contributed by atoms with van der Waals surface area (Å²) in [5.41, 5.74) is 2.78. The predicted molar refractivity (Wildman–Crippen MR) is 125 cm³/mol. The third-order valence-electron chi connectivity index (χ3n) is 5.31. The standard InChI is InChI=1S/C24H26BN3O5/c1-14(2)20(28-24(32)33-13-15-7-4-3-5-8-15)22(29)27-19(23(30)31)11-16-12-26-21-17(16)9-6-10-18(21)25/h3-10,12,14,19-20,26H,11,13H2,1-2H3,(H,27,29)(H,28,32)(H,30,31)/t19?,20-/m0/s1. The quantitative estimate of drug-likeness (QED) is 0.374. The van der Waals surface area contributed by atoms with Crippen LogP contribution in [0.4, 0.5) is 4.79 Å². The molecule has 0 fully saturated rings. The molecule has 2 atom stereocenters. The minimum absolute atomic E-state index is 0.0494. The molecule has 0 saturated carbocycles. The maximum Gasteiger partial charge on any atom is 0.408 e. The lowest BCUT2D eigenvalue weighted by Gasteiger charge is -2.23. The number of aromatic nitrogens is 1. The van der Waals surface area contributed by atoms with E-state index in [1.54, 1.807) is 32.2 Å². The molecule has 0 aliphatic rings. The lowest BCUT2D eigenvalue weighted by atomic mass is 9.92. The number of aliphatic carboxylic acids is 1. The van der Waals surface area contributed by atoms with Crippen LogP contribution in [0, 0.1) is 5.92 Å². The molecular weight excluding hydrogens is 421 g/mol. The molecule has 0 aliphatic carbocycles. The molecule has 9 heteroatoms. The van der Waals surface area contributed by atoms with Crippen molar-refractivity contribution in [3.05, 3.63) is 65.9 Å². The van der Waals surface area contributed by atoms with Crippen LogP contribution in [-0.4, -0.2) is 48.0 Å². The fourth-order valence-electron chi connectivity index (χ4n) is 3.51. The van der Waals surface area contributed by atoms with E-state index >= 15 is 0 Å². The van der Waals surface area contributed by atoms with E-state index < -0.39 is 30.1 Å². The zero-order chi connectivity index (χ0) is 24.0. The number of hydrogen-bond acceptors (Lipinski definition) is 4. The highest BCUT2D eigenvalue weighted by Gasteiger charge is 2.29. The van der Waals surface area contributed by atoms with Crippen molar-refractivity contribution in [2.75, 3.05) is 0 Å². The highest BCUT2D eigenvalue weighted by atomic mass is 16.5. The Morgan fingerprint density at radius 2 is 1.79 bits per heavy atom. The van der Waals surface area contributed by atoms with Crippen molar-refractivity contribution < 1.29 is 24.2 Å². The summed E-state index contributed by atoms with van der Waals surface area (Å²) in [6.45, 7) is 3.56. The molecule has 170 valence electrons. The topological polar surface area (TPSA) is 121 Å². The normalized spacial score (nSPS) is 12.8. The second kappa shape index (κ2) is 10.7. The highest BCUT2D eigenvalue weighted by Crippen LogP contribution is 2.18. The molecule has 8 nitrogen and oxygen atoms in total. The Hall–Kier alpha value is -3.75. The summed E-state index contributed by atoms with van der Waals surface area (Å²) in [6.07, 6.45) is 0.974. The van der Waals surface area contributed by atoms with Crippen molar-refractivity contribution in [3.63, 3.8) is 0 Å². The number of carbonyl (C=O) groups is 3. The third kappa shape index (κ3) is 6.15. The number of carbonyl (C=O) groups excluding carboxylic acids is 2. The van der Waals surface area contributed by atoms with Gasteiger partial charge in [-0.3, -0.25) is 4.79 Å². The first kappa shape index (κ1) is 23.9. The van der Waals surface area contributed by atoms with Gasteiger partial charge in [-0.25, -0.2) is 9.59 Å². The molecule has 2 radical (unpaired) electrons. The molecule has 33 heavy (non-hydrogen) atoms. The van der Waals surface area contributed by atoms with Gasteiger partial charge in [-0.05, 0) is 17.0 Å². The Kier molecular flexibility index (Phi) is 7.76.